The van der Waals surface area contributed by atoms with E-state index in [4.69, 9.17) is 4.74 Å². The second-order valence-corrected chi connectivity index (χ2v) is 7.78. The van der Waals surface area contributed by atoms with Gasteiger partial charge in [0.25, 0.3) is 5.91 Å². The highest BCUT2D eigenvalue weighted by Crippen LogP contribution is 2.27. The first kappa shape index (κ1) is 22.1. The second-order valence-electron chi connectivity index (χ2n) is 7.78. The predicted octanol–water partition coefficient (Wildman–Crippen LogP) is 3.90. The Morgan fingerprint density at radius 3 is 2.58 bits per heavy atom. The van der Waals surface area contributed by atoms with Gasteiger partial charge in [-0.3, -0.25) is 9.48 Å². The highest BCUT2D eigenvalue weighted by atomic mass is 19.1. The molecule has 2 aromatic carbocycles. The molecule has 0 spiro atoms. The Hall–Kier alpha value is -4.07. The lowest BCUT2D eigenvalue weighted by Crippen LogP contribution is -2.30. The third-order valence-corrected chi connectivity index (χ3v) is 5.32. The van der Waals surface area contributed by atoms with Crippen LogP contribution in [0, 0.1) is 12.7 Å². The molecule has 0 unspecified atom stereocenters. The normalized spacial score (nSPS) is 10.9. The maximum Gasteiger partial charge on any atom is 0.339 e. The number of nitrogens with zero attached hydrogens (tertiary/aromatic N) is 4. The molecule has 0 fully saturated rings. The smallest absolute Gasteiger partial charge is 0.339 e. The van der Waals surface area contributed by atoms with Crippen molar-refractivity contribution in [1.82, 2.24) is 19.7 Å². The Morgan fingerprint density at radius 1 is 1.09 bits per heavy atom. The number of fused-ring (bicyclic) bond motifs is 1. The van der Waals surface area contributed by atoms with Crippen molar-refractivity contribution in [3.63, 3.8) is 0 Å². The number of rotatable bonds is 6. The van der Waals surface area contributed by atoms with Crippen LogP contribution in [0.25, 0.3) is 22.3 Å². The van der Waals surface area contributed by atoms with E-state index in [1.54, 1.807) is 43.9 Å². The molecule has 4 rings (SSSR count). The molecule has 0 aliphatic carbocycles. The topological polar surface area (TPSA) is 77.3 Å². The molecule has 1 amide bonds. The summed E-state index contributed by atoms with van der Waals surface area (Å²) in [5.74, 6) is -1.41. The minimum atomic E-state index is -0.636. The SMILES string of the molecule is Cc1nn(C)c2nc(-c3ccccc3)cc(C(=O)OCC(=O)N(C)Cc3cccc(F)c3)c12. The zero-order valence-electron chi connectivity index (χ0n) is 18.6. The summed E-state index contributed by atoms with van der Waals surface area (Å²) in [5, 5.41) is 4.97. The van der Waals surface area contributed by atoms with Gasteiger partial charge in [-0.1, -0.05) is 42.5 Å². The minimum absolute atomic E-state index is 0.202. The fraction of sp³-hybridized carbons (Fsp3) is 0.200. The number of carbonyl (C=O) groups excluding carboxylic acids is 2. The average Bonchev–Trinajstić information content (AvgIpc) is 3.10. The summed E-state index contributed by atoms with van der Waals surface area (Å²) in [5.41, 5.74) is 3.58. The molecule has 8 heteroatoms. The number of amides is 1. The highest BCUT2D eigenvalue weighted by molar-refractivity contribution is 6.05. The third-order valence-electron chi connectivity index (χ3n) is 5.32. The van der Waals surface area contributed by atoms with Gasteiger partial charge in [0.2, 0.25) is 0 Å². The minimum Gasteiger partial charge on any atom is -0.452 e. The molecule has 0 aliphatic rings. The van der Waals surface area contributed by atoms with Crippen molar-refractivity contribution in [2.75, 3.05) is 13.7 Å². The lowest BCUT2D eigenvalue weighted by molar-refractivity contribution is -0.133. The number of ether oxygens (including phenoxy) is 1. The van der Waals surface area contributed by atoms with E-state index >= 15 is 0 Å². The van der Waals surface area contributed by atoms with Crippen LogP contribution < -0.4 is 0 Å². The molecule has 2 heterocycles. The van der Waals surface area contributed by atoms with Gasteiger partial charge >= 0.3 is 5.97 Å². The lowest BCUT2D eigenvalue weighted by Gasteiger charge is -2.17. The number of pyridine rings is 1. The first-order valence-electron chi connectivity index (χ1n) is 10.4. The lowest BCUT2D eigenvalue weighted by atomic mass is 10.1. The van der Waals surface area contributed by atoms with Crippen molar-refractivity contribution in [1.29, 1.82) is 0 Å². The van der Waals surface area contributed by atoms with E-state index < -0.39 is 18.5 Å². The van der Waals surface area contributed by atoms with Gasteiger partial charge in [-0.15, -0.1) is 0 Å². The standard InChI is InChI=1S/C25H23FN4O3/c1-16-23-20(13-21(18-9-5-4-6-10-18)27-24(23)30(3)28-16)25(32)33-15-22(31)29(2)14-17-8-7-11-19(26)12-17/h4-13H,14-15H2,1-3H3. The second kappa shape index (κ2) is 9.20. The maximum absolute atomic E-state index is 13.4. The Bertz CT molecular complexity index is 1330. The number of esters is 1. The van der Waals surface area contributed by atoms with E-state index in [2.05, 4.69) is 10.1 Å². The fourth-order valence-electron chi connectivity index (χ4n) is 3.68. The zero-order valence-corrected chi connectivity index (χ0v) is 18.6. The molecule has 168 valence electrons. The van der Waals surface area contributed by atoms with Crippen LogP contribution >= 0.6 is 0 Å². The molecule has 0 bridgehead atoms. The first-order valence-corrected chi connectivity index (χ1v) is 10.4. The van der Waals surface area contributed by atoms with E-state index in [-0.39, 0.29) is 12.4 Å². The Labute approximate surface area is 190 Å². The summed E-state index contributed by atoms with van der Waals surface area (Å²) in [7, 11) is 3.33. The van der Waals surface area contributed by atoms with Gasteiger partial charge in [0.05, 0.1) is 22.3 Å². The van der Waals surface area contributed by atoms with Gasteiger partial charge in [0.1, 0.15) is 5.82 Å². The molecule has 0 atom stereocenters. The van der Waals surface area contributed by atoms with Gasteiger partial charge < -0.3 is 9.64 Å². The van der Waals surface area contributed by atoms with E-state index in [9.17, 15) is 14.0 Å². The van der Waals surface area contributed by atoms with Crippen LogP contribution in [-0.4, -0.2) is 45.2 Å². The summed E-state index contributed by atoms with van der Waals surface area (Å²) in [4.78, 5) is 31.6. The van der Waals surface area contributed by atoms with Crippen molar-refractivity contribution in [2.24, 2.45) is 7.05 Å². The molecule has 0 saturated heterocycles. The molecule has 0 aliphatic heterocycles. The van der Waals surface area contributed by atoms with Crippen molar-refractivity contribution >= 4 is 22.9 Å². The number of likely N-dealkylation sites (N-methyl/N-ethyl adjacent to an activating group) is 1. The predicted molar refractivity (Wildman–Crippen MR) is 122 cm³/mol. The van der Waals surface area contributed by atoms with Crippen molar-refractivity contribution in [3.8, 4) is 11.3 Å². The van der Waals surface area contributed by atoms with Gasteiger partial charge in [0, 0.05) is 26.2 Å². The van der Waals surface area contributed by atoms with Crippen molar-refractivity contribution < 1.29 is 18.7 Å². The van der Waals surface area contributed by atoms with Gasteiger partial charge in [0.15, 0.2) is 12.3 Å². The number of hydrogen-bond donors (Lipinski definition) is 0. The van der Waals surface area contributed by atoms with Crippen LogP contribution in [0.4, 0.5) is 4.39 Å². The molecular weight excluding hydrogens is 423 g/mol. The van der Waals surface area contributed by atoms with E-state index in [1.807, 2.05) is 30.3 Å². The van der Waals surface area contributed by atoms with Crippen LogP contribution in [0.3, 0.4) is 0 Å². The number of aryl methyl sites for hydroxylation is 2. The van der Waals surface area contributed by atoms with E-state index in [0.717, 1.165) is 5.56 Å². The molecule has 33 heavy (non-hydrogen) atoms. The molecule has 0 radical (unpaired) electrons. The first-order chi connectivity index (χ1) is 15.8. The molecule has 0 N–H and O–H groups in total. The number of carbonyl (C=O) groups is 2. The van der Waals surface area contributed by atoms with Crippen molar-refractivity contribution in [2.45, 2.75) is 13.5 Å². The summed E-state index contributed by atoms with van der Waals surface area (Å²) in [6, 6.07) is 17.1. The van der Waals surface area contributed by atoms with Gasteiger partial charge in [-0.05, 0) is 30.7 Å². The van der Waals surface area contributed by atoms with E-state index in [0.29, 0.717) is 33.5 Å². The van der Waals surface area contributed by atoms with Gasteiger partial charge in [-0.25, -0.2) is 14.2 Å². The Kier molecular flexibility index (Phi) is 6.17. The number of hydrogen-bond acceptors (Lipinski definition) is 5. The summed E-state index contributed by atoms with van der Waals surface area (Å²) < 4.78 is 20.4. The monoisotopic (exact) mass is 446 g/mol. The van der Waals surface area contributed by atoms with Crippen LogP contribution in [0.5, 0.6) is 0 Å². The summed E-state index contributed by atoms with van der Waals surface area (Å²) >= 11 is 0. The Balaban J connectivity index is 1.55. The molecule has 4 aromatic rings. The van der Waals surface area contributed by atoms with Crippen LogP contribution in [-0.2, 0) is 23.1 Å². The highest BCUT2D eigenvalue weighted by Gasteiger charge is 2.21. The van der Waals surface area contributed by atoms with Crippen LogP contribution in [0.2, 0.25) is 0 Å². The quantitative estimate of drug-likeness (QED) is 0.420. The zero-order chi connectivity index (χ0) is 23.5. The molecule has 0 saturated carbocycles. The summed E-state index contributed by atoms with van der Waals surface area (Å²) in [6.45, 7) is 1.56. The van der Waals surface area contributed by atoms with Crippen molar-refractivity contribution in [3.05, 3.63) is 83.3 Å². The fourth-order valence-corrected chi connectivity index (χ4v) is 3.68. The summed E-state index contributed by atoms with van der Waals surface area (Å²) in [6.07, 6.45) is 0. The van der Waals surface area contributed by atoms with Crippen LogP contribution in [0.1, 0.15) is 21.6 Å². The van der Waals surface area contributed by atoms with Gasteiger partial charge in [-0.2, -0.15) is 5.10 Å². The average molecular weight is 446 g/mol. The third kappa shape index (κ3) is 4.74. The number of halogens is 1. The molecule has 7 nitrogen and oxygen atoms in total. The maximum atomic E-state index is 13.4. The molecular formula is C25H23FN4O3. The Morgan fingerprint density at radius 2 is 1.85 bits per heavy atom. The van der Waals surface area contributed by atoms with Crippen LogP contribution in [0.15, 0.2) is 60.7 Å². The molecule has 2 aromatic heterocycles. The largest absolute Gasteiger partial charge is 0.452 e. The van der Waals surface area contributed by atoms with E-state index in [1.165, 1.54) is 17.0 Å². The number of benzene rings is 2. The number of aromatic nitrogens is 3.